The van der Waals surface area contributed by atoms with Crippen molar-refractivity contribution < 1.29 is 9.00 Å². The summed E-state index contributed by atoms with van der Waals surface area (Å²) in [6.07, 6.45) is 1.61. The lowest BCUT2D eigenvalue weighted by Gasteiger charge is -2.11. The Balaban J connectivity index is 1.90. The molecule has 0 bridgehead atoms. The number of amides is 1. The van der Waals surface area contributed by atoms with Gasteiger partial charge in [0.25, 0.3) is 5.91 Å². The highest BCUT2D eigenvalue weighted by atomic mass is 32.2. The molecule has 6 heteroatoms. The van der Waals surface area contributed by atoms with Gasteiger partial charge in [0, 0.05) is 33.6 Å². The van der Waals surface area contributed by atoms with E-state index in [0.717, 1.165) is 22.5 Å². The Morgan fingerprint density at radius 1 is 1.00 bits per heavy atom. The standard InChI is InChI=1S/C20H21N3O2S/c1-13-9-14(2)11-17(10-13)23-19(12-15(3)22-23)21-20(24)16-5-7-18(8-6-16)26(4)25/h5-12H,1-4H3,(H,21,24)/t26-/m0/s1. The molecule has 2 aromatic carbocycles. The maximum Gasteiger partial charge on any atom is 0.256 e. The molecule has 134 valence electrons. The molecule has 26 heavy (non-hydrogen) atoms. The number of nitrogens with one attached hydrogen (secondary N) is 1. The molecule has 1 heterocycles. The van der Waals surface area contributed by atoms with Crippen molar-refractivity contribution in [1.29, 1.82) is 0 Å². The van der Waals surface area contributed by atoms with Crippen molar-refractivity contribution in [2.24, 2.45) is 0 Å². The summed E-state index contributed by atoms with van der Waals surface area (Å²) in [6.45, 7) is 5.95. The van der Waals surface area contributed by atoms with Crippen molar-refractivity contribution in [2.75, 3.05) is 11.6 Å². The average molecular weight is 367 g/mol. The van der Waals surface area contributed by atoms with Crippen LogP contribution in [0, 0.1) is 20.8 Å². The highest BCUT2D eigenvalue weighted by molar-refractivity contribution is 7.84. The molecule has 1 atom stereocenters. The summed E-state index contributed by atoms with van der Waals surface area (Å²) in [7, 11) is -1.06. The molecule has 0 aliphatic rings. The van der Waals surface area contributed by atoms with Crippen molar-refractivity contribution >= 4 is 22.5 Å². The van der Waals surface area contributed by atoms with E-state index in [0.29, 0.717) is 16.3 Å². The van der Waals surface area contributed by atoms with Crippen LogP contribution in [0.2, 0.25) is 0 Å². The van der Waals surface area contributed by atoms with Crippen LogP contribution in [0.1, 0.15) is 27.2 Å². The second-order valence-electron chi connectivity index (χ2n) is 6.36. The van der Waals surface area contributed by atoms with Crippen LogP contribution in [0.15, 0.2) is 53.4 Å². The van der Waals surface area contributed by atoms with Crippen molar-refractivity contribution in [2.45, 2.75) is 25.7 Å². The van der Waals surface area contributed by atoms with Gasteiger partial charge in [0.15, 0.2) is 0 Å². The lowest BCUT2D eigenvalue weighted by Crippen LogP contribution is -2.15. The highest BCUT2D eigenvalue weighted by Crippen LogP contribution is 2.20. The highest BCUT2D eigenvalue weighted by Gasteiger charge is 2.13. The van der Waals surface area contributed by atoms with Gasteiger partial charge in [-0.2, -0.15) is 5.10 Å². The zero-order valence-corrected chi connectivity index (χ0v) is 16.1. The van der Waals surface area contributed by atoms with Crippen molar-refractivity contribution in [3.8, 4) is 5.69 Å². The zero-order valence-electron chi connectivity index (χ0n) is 15.2. The van der Waals surface area contributed by atoms with Crippen LogP contribution in [0.25, 0.3) is 5.69 Å². The molecule has 0 unspecified atom stereocenters. The summed E-state index contributed by atoms with van der Waals surface area (Å²) in [5, 5.41) is 7.43. The van der Waals surface area contributed by atoms with Gasteiger partial charge in [0.1, 0.15) is 5.82 Å². The summed E-state index contributed by atoms with van der Waals surface area (Å²) in [5.74, 6) is 0.379. The molecule has 0 saturated carbocycles. The minimum atomic E-state index is -1.06. The van der Waals surface area contributed by atoms with Gasteiger partial charge >= 0.3 is 0 Å². The minimum absolute atomic E-state index is 0.232. The molecule has 3 aromatic rings. The van der Waals surface area contributed by atoms with Crippen LogP contribution in [-0.2, 0) is 10.8 Å². The molecule has 0 saturated heterocycles. The number of hydrogen-bond acceptors (Lipinski definition) is 3. The van der Waals surface area contributed by atoms with E-state index >= 15 is 0 Å². The van der Waals surface area contributed by atoms with Gasteiger partial charge in [-0.25, -0.2) is 4.68 Å². The number of hydrogen-bond donors (Lipinski definition) is 1. The summed E-state index contributed by atoms with van der Waals surface area (Å²) in [5.41, 5.74) is 4.49. The van der Waals surface area contributed by atoms with Gasteiger partial charge in [0.05, 0.1) is 11.4 Å². The Hall–Kier alpha value is -2.73. The monoisotopic (exact) mass is 367 g/mol. The Bertz CT molecular complexity index is 971. The number of benzene rings is 2. The maximum atomic E-state index is 12.6. The molecule has 0 aliphatic heterocycles. The third kappa shape index (κ3) is 3.91. The predicted molar refractivity (Wildman–Crippen MR) is 105 cm³/mol. The Kier molecular flexibility index (Phi) is 5.04. The average Bonchev–Trinajstić information content (AvgIpc) is 2.94. The number of carbonyl (C=O) groups excluding carboxylic acids is 1. The van der Waals surface area contributed by atoms with Crippen LogP contribution in [0.5, 0.6) is 0 Å². The minimum Gasteiger partial charge on any atom is -0.306 e. The Morgan fingerprint density at radius 2 is 1.62 bits per heavy atom. The molecule has 1 aromatic heterocycles. The summed E-state index contributed by atoms with van der Waals surface area (Å²) >= 11 is 0. The number of aromatic nitrogens is 2. The van der Waals surface area contributed by atoms with Crippen molar-refractivity contribution in [1.82, 2.24) is 9.78 Å². The van der Waals surface area contributed by atoms with E-state index in [1.165, 1.54) is 0 Å². The third-order valence-electron chi connectivity index (χ3n) is 3.97. The third-order valence-corrected chi connectivity index (χ3v) is 4.91. The largest absolute Gasteiger partial charge is 0.306 e. The molecule has 5 nitrogen and oxygen atoms in total. The molecule has 3 rings (SSSR count). The van der Waals surface area contributed by atoms with Crippen LogP contribution >= 0.6 is 0 Å². The van der Waals surface area contributed by atoms with E-state index in [2.05, 4.69) is 16.5 Å². The second-order valence-corrected chi connectivity index (χ2v) is 7.74. The first-order valence-corrected chi connectivity index (χ1v) is 9.79. The van der Waals surface area contributed by atoms with Crippen LogP contribution in [0.4, 0.5) is 5.82 Å². The molecule has 1 amide bonds. The van der Waals surface area contributed by atoms with Crippen LogP contribution < -0.4 is 5.32 Å². The molecule has 0 aliphatic carbocycles. The zero-order chi connectivity index (χ0) is 18.8. The number of carbonyl (C=O) groups is 1. The molecule has 1 N–H and O–H groups in total. The summed E-state index contributed by atoms with van der Waals surface area (Å²) < 4.78 is 13.2. The quantitative estimate of drug-likeness (QED) is 0.763. The SMILES string of the molecule is Cc1cc(C)cc(-n2nc(C)cc2NC(=O)c2ccc([S@](C)=O)cc2)c1. The van der Waals surface area contributed by atoms with E-state index < -0.39 is 10.8 Å². The first-order valence-electron chi connectivity index (χ1n) is 8.23. The van der Waals surface area contributed by atoms with E-state index in [9.17, 15) is 9.00 Å². The van der Waals surface area contributed by atoms with Crippen LogP contribution in [0.3, 0.4) is 0 Å². The first kappa shape index (κ1) is 18.1. The molecular weight excluding hydrogens is 346 g/mol. The van der Waals surface area contributed by atoms with Crippen LogP contribution in [-0.4, -0.2) is 26.2 Å². The predicted octanol–water partition coefficient (Wildman–Crippen LogP) is 3.79. The van der Waals surface area contributed by atoms with Gasteiger partial charge in [0.2, 0.25) is 0 Å². The smallest absolute Gasteiger partial charge is 0.256 e. The van der Waals surface area contributed by atoms with Gasteiger partial charge in [-0.05, 0) is 68.3 Å². The number of nitrogens with zero attached hydrogens (tertiary/aromatic N) is 2. The molecular formula is C20H21N3O2S. The van der Waals surface area contributed by atoms with E-state index in [-0.39, 0.29) is 5.91 Å². The van der Waals surface area contributed by atoms with E-state index in [4.69, 9.17) is 0 Å². The van der Waals surface area contributed by atoms with Crippen molar-refractivity contribution in [3.05, 3.63) is 70.9 Å². The van der Waals surface area contributed by atoms with Gasteiger partial charge in [-0.1, -0.05) is 6.07 Å². The number of anilines is 1. The lowest BCUT2D eigenvalue weighted by atomic mass is 10.1. The molecule has 0 radical (unpaired) electrons. The topological polar surface area (TPSA) is 64.0 Å². The van der Waals surface area contributed by atoms with E-state index in [1.54, 1.807) is 35.2 Å². The normalized spacial score (nSPS) is 12.0. The maximum absolute atomic E-state index is 12.6. The fourth-order valence-electron chi connectivity index (χ4n) is 2.84. The lowest BCUT2D eigenvalue weighted by molar-refractivity contribution is 0.102. The first-order chi connectivity index (χ1) is 12.3. The second kappa shape index (κ2) is 7.25. The van der Waals surface area contributed by atoms with E-state index in [1.807, 2.05) is 39.0 Å². The van der Waals surface area contributed by atoms with Gasteiger partial charge in [-0.15, -0.1) is 0 Å². The van der Waals surface area contributed by atoms with Gasteiger partial charge < -0.3 is 5.32 Å². The summed E-state index contributed by atoms with van der Waals surface area (Å²) in [4.78, 5) is 13.3. The fourth-order valence-corrected chi connectivity index (χ4v) is 3.36. The molecule has 0 fully saturated rings. The molecule has 0 spiro atoms. The Morgan fingerprint density at radius 3 is 2.19 bits per heavy atom. The fraction of sp³-hybridized carbons (Fsp3) is 0.200. The number of rotatable bonds is 4. The number of aryl methyl sites for hydroxylation is 3. The Labute approximate surface area is 155 Å². The summed E-state index contributed by atoms with van der Waals surface area (Å²) in [6, 6.07) is 14.8. The van der Waals surface area contributed by atoms with Gasteiger partial charge in [-0.3, -0.25) is 9.00 Å². The van der Waals surface area contributed by atoms with Crippen molar-refractivity contribution in [3.63, 3.8) is 0 Å².